The van der Waals surface area contributed by atoms with Gasteiger partial charge in [0, 0.05) is 0 Å². The number of nitrogens with one attached hydrogen (secondary N) is 1. The maximum Gasteiger partial charge on any atom is 0.193 e. The summed E-state index contributed by atoms with van der Waals surface area (Å²) in [6, 6.07) is 51.7. The topological polar surface area (TPSA) is 54.5 Å². The summed E-state index contributed by atoms with van der Waals surface area (Å²) in [6.07, 6.45) is 0. The van der Waals surface area contributed by atoms with Crippen LogP contribution in [0.25, 0.3) is 11.1 Å². The Morgan fingerprint density at radius 2 is 0.750 bits per heavy atom. The van der Waals surface area contributed by atoms with Gasteiger partial charge in [-0.05, 0) is 27.8 Å². The predicted molar refractivity (Wildman–Crippen MR) is 144 cm³/mol. The van der Waals surface area contributed by atoms with Gasteiger partial charge in [0.1, 0.15) is 5.41 Å². The molecule has 1 aromatic heterocycles. The second-order valence-corrected chi connectivity index (χ2v) is 8.32. The van der Waals surface area contributed by atoms with Crippen LogP contribution in [0.2, 0.25) is 0 Å². The zero-order valence-electron chi connectivity index (χ0n) is 19.8. The first-order valence-corrected chi connectivity index (χ1v) is 11.9. The van der Waals surface area contributed by atoms with Gasteiger partial charge in [0.2, 0.25) is 0 Å². The molecule has 0 amide bonds. The minimum atomic E-state index is -0.614. The molecule has 0 atom stereocenters. The summed E-state index contributed by atoms with van der Waals surface area (Å²) in [4.78, 5) is 0. The Morgan fingerprint density at radius 1 is 0.417 bits per heavy atom. The minimum absolute atomic E-state index is 0.614. The quantitative estimate of drug-likeness (QED) is 0.280. The summed E-state index contributed by atoms with van der Waals surface area (Å²) in [7, 11) is 0. The molecule has 0 aliphatic heterocycles. The Kier molecular flexibility index (Phi) is 7.05. The highest BCUT2D eigenvalue weighted by Gasteiger charge is 2.41. The van der Waals surface area contributed by atoms with E-state index in [0.29, 0.717) is 5.82 Å². The summed E-state index contributed by atoms with van der Waals surface area (Å²) in [5.41, 5.74) is 5.24. The Labute approximate surface area is 211 Å². The van der Waals surface area contributed by atoms with E-state index in [1.54, 1.807) is 0 Å². The molecule has 0 aliphatic rings. The molecule has 0 unspecified atom stereocenters. The molecule has 36 heavy (non-hydrogen) atoms. The maximum atomic E-state index is 4.37. The van der Waals surface area contributed by atoms with E-state index in [-0.39, 0.29) is 0 Å². The zero-order valence-corrected chi connectivity index (χ0v) is 19.8. The SMILES string of the molecule is c1ccc(-c2ccccc2)cc1.c1ccc(C(c2ccccc2)(c2ccccc2)c2nn[nH]n2)cc1. The number of hydrogen-bond acceptors (Lipinski definition) is 3. The Bertz CT molecular complexity index is 1300. The van der Waals surface area contributed by atoms with E-state index in [1.807, 2.05) is 66.7 Å². The minimum Gasteiger partial charge on any atom is -0.177 e. The molecule has 174 valence electrons. The van der Waals surface area contributed by atoms with Crippen molar-refractivity contribution in [2.75, 3.05) is 0 Å². The highest BCUT2D eigenvalue weighted by atomic mass is 15.5. The fraction of sp³-hybridized carbons (Fsp3) is 0.0312. The van der Waals surface area contributed by atoms with Crippen LogP contribution in [0.4, 0.5) is 0 Å². The third-order valence-corrected chi connectivity index (χ3v) is 6.18. The van der Waals surface area contributed by atoms with Gasteiger partial charge in [-0.25, -0.2) is 0 Å². The van der Waals surface area contributed by atoms with Crippen LogP contribution in [-0.2, 0) is 5.41 Å². The first-order valence-electron chi connectivity index (χ1n) is 11.9. The van der Waals surface area contributed by atoms with Crippen LogP contribution in [-0.4, -0.2) is 20.6 Å². The number of nitrogens with zero attached hydrogens (tertiary/aromatic N) is 3. The van der Waals surface area contributed by atoms with Crippen LogP contribution in [0.5, 0.6) is 0 Å². The third kappa shape index (κ3) is 4.70. The lowest BCUT2D eigenvalue weighted by Gasteiger charge is -2.32. The Morgan fingerprint density at radius 3 is 1.06 bits per heavy atom. The van der Waals surface area contributed by atoms with Gasteiger partial charge in [-0.15, -0.1) is 10.2 Å². The van der Waals surface area contributed by atoms with Crippen molar-refractivity contribution in [3.05, 3.63) is 174 Å². The number of aromatic nitrogens is 4. The van der Waals surface area contributed by atoms with Gasteiger partial charge in [-0.1, -0.05) is 157 Å². The van der Waals surface area contributed by atoms with Crippen LogP contribution in [0.1, 0.15) is 22.5 Å². The molecule has 6 rings (SSSR count). The summed E-state index contributed by atoms with van der Waals surface area (Å²) >= 11 is 0. The highest BCUT2D eigenvalue weighted by molar-refractivity contribution is 5.62. The zero-order chi connectivity index (χ0) is 24.5. The Hall–Kier alpha value is -4.83. The van der Waals surface area contributed by atoms with E-state index >= 15 is 0 Å². The van der Waals surface area contributed by atoms with Crippen molar-refractivity contribution < 1.29 is 0 Å². The van der Waals surface area contributed by atoms with E-state index < -0.39 is 5.41 Å². The lowest BCUT2D eigenvalue weighted by molar-refractivity contribution is 0.682. The molecule has 0 saturated carbocycles. The van der Waals surface area contributed by atoms with Crippen molar-refractivity contribution >= 4 is 0 Å². The molecule has 4 nitrogen and oxygen atoms in total. The maximum absolute atomic E-state index is 4.37. The molecule has 1 heterocycles. The first-order chi connectivity index (χ1) is 17.9. The van der Waals surface area contributed by atoms with Crippen LogP contribution in [0.15, 0.2) is 152 Å². The van der Waals surface area contributed by atoms with Gasteiger partial charge in [0.05, 0.1) is 0 Å². The van der Waals surface area contributed by atoms with Gasteiger partial charge >= 0.3 is 0 Å². The van der Waals surface area contributed by atoms with Crippen LogP contribution >= 0.6 is 0 Å². The molecule has 0 fully saturated rings. The number of benzene rings is 5. The first kappa shape index (κ1) is 22.9. The predicted octanol–water partition coefficient (Wildman–Crippen LogP) is 6.94. The second kappa shape index (κ2) is 11.1. The van der Waals surface area contributed by atoms with Gasteiger partial charge in [-0.2, -0.15) is 5.21 Å². The molecule has 0 bridgehead atoms. The normalized spacial score (nSPS) is 10.8. The number of tetrazole rings is 1. The Balaban J connectivity index is 0.000000186. The third-order valence-electron chi connectivity index (χ3n) is 6.18. The highest BCUT2D eigenvalue weighted by Crippen LogP contribution is 2.42. The lowest BCUT2D eigenvalue weighted by Crippen LogP contribution is -2.32. The van der Waals surface area contributed by atoms with Gasteiger partial charge in [-0.3, -0.25) is 0 Å². The van der Waals surface area contributed by atoms with Crippen LogP contribution in [0, 0.1) is 0 Å². The lowest BCUT2D eigenvalue weighted by atomic mass is 9.69. The molecule has 5 aromatic carbocycles. The van der Waals surface area contributed by atoms with Gasteiger partial charge in [0.25, 0.3) is 0 Å². The van der Waals surface area contributed by atoms with Crippen LogP contribution in [0.3, 0.4) is 0 Å². The monoisotopic (exact) mass is 466 g/mol. The fourth-order valence-electron chi connectivity index (χ4n) is 4.53. The summed E-state index contributed by atoms with van der Waals surface area (Å²) < 4.78 is 0. The van der Waals surface area contributed by atoms with E-state index in [1.165, 1.54) is 11.1 Å². The van der Waals surface area contributed by atoms with Crippen molar-refractivity contribution in [2.24, 2.45) is 0 Å². The fourth-order valence-corrected chi connectivity index (χ4v) is 4.53. The molecule has 6 aromatic rings. The molecular formula is C32H26N4. The largest absolute Gasteiger partial charge is 0.193 e. The number of hydrogen-bond donors (Lipinski definition) is 1. The van der Waals surface area contributed by atoms with Crippen molar-refractivity contribution in [2.45, 2.75) is 5.41 Å². The average molecular weight is 467 g/mol. The average Bonchev–Trinajstić information content (AvgIpc) is 3.52. The number of H-pyrrole nitrogens is 1. The summed E-state index contributed by atoms with van der Waals surface area (Å²) in [6.45, 7) is 0. The molecular weight excluding hydrogens is 440 g/mol. The van der Waals surface area contributed by atoms with Gasteiger partial charge in [0.15, 0.2) is 5.82 Å². The van der Waals surface area contributed by atoms with Crippen molar-refractivity contribution in [1.29, 1.82) is 0 Å². The molecule has 0 aliphatic carbocycles. The second-order valence-electron chi connectivity index (χ2n) is 8.32. The van der Waals surface area contributed by atoms with Crippen molar-refractivity contribution in [3.8, 4) is 11.1 Å². The molecule has 0 radical (unpaired) electrons. The van der Waals surface area contributed by atoms with Gasteiger partial charge < -0.3 is 0 Å². The van der Waals surface area contributed by atoms with E-state index in [0.717, 1.165) is 16.7 Å². The smallest absolute Gasteiger partial charge is 0.177 e. The standard InChI is InChI=1S/C20H16N4.C12H10/c1-4-10-16(11-5-1)20(19-21-23-24-22-19,17-12-6-2-7-13-17)18-14-8-3-9-15-18;1-3-7-11(8-4-1)12-9-5-2-6-10-12/h1-15H,(H,21,22,23,24);1-10H. The van der Waals surface area contributed by atoms with E-state index in [2.05, 4.69) is 106 Å². The van der Waals surface area contributed by atoms with Crippen molar-refractivity contribution in [1.82, 2.24) is 20.6 Å². The molecule has 4 heteroatoms. The number of aromatic amines is 1. The summed E-state index contributed by atoms with van der Waals surface area (Å²) in [5.74, 6) is 0.631. The number of rotatable bonds is 5. The summed E-state index contributed by atoms with van der Waals surface area (Å²) in [5, 5.41) is 15.2. The van der Waals surface area contributed by atoms with E-state index in [4.69, 9.17) is 0 Å². The van der Waals surface area contributed by atoms with Crippen LogP contribution < -0.4 is 0 Å². The molecule has 1 N–H and O–H groups in total. The molecule has 0 saturated heterocycles. The van der Waals surface area contributed by atoms with E-state index in [9.17, 15) is 0 Å². The molecule has 0 spiro atoms. The van der Waals surface area contributed by atoms with Crippen molar-refractivity contribution in [3.63, 3.8) is 0 Å².